The molecule has 0 amide bonds. The second-order valence-corrected chi connectivity index (χ2v) is 8.69. The SMILES string of the molecule is CC(C)Cc1cc2c3c(nccc3c1)-c1cnc3ccccc3c1C2(C)C. The highest BCUT2D eigenvalue weighted by Gasteiger charge is 2.36. The molecule has 0 unspecified atom stereocenters. The molecule has 2 nitrogen and oxygen atoms in total. The number of hydrogen-bond donors (Lipinski definition) is 0. The van der Waals surface area contributed by atoms with E-state index in [2.05, 4.69) is 70.2 Å². The summed E-state index contributed by atoms with van der Waals surface area (Å²) in [6.07, 6.45) is 5.06. The maximum Gasteiger partial charge on any atom is 0.0802 e. The van der Waals surface area contributed by atoms with Gasteiger partial charge in [-0.15, -0.1) is 0 Å². The highest BCUT2D eigenvalue weighted by Crippen LogP contribution is 2.50. The zero-order valence-electron chi connectivity index (χ0n) is 16.4. The Balaban J connectivity index is 1.93. The van der Waals surface area contributed by atoms with Crippen LogP contribution in [0.4, 0.5) is 0 Å². The van der Waals surface area contributed by atoms with Crippen LogP contribution in [0.1, 0.15) is 44.4 Å². The molecule has 0 N–H and O–H groups in total. The monoisotopic (exact) mass is 352 g/mol. The van der Waals surface area contributed by atoms with E-state index in [1.807, 2.05) is 12.4 Å². The van der Waals surface area contributed by atoms with Crippen molar-refractivity contribution < 1.29 is 0 Å². The Kier molecular flexibility index (Phi) is 3.42. The molecule has 0 saturated heterocycles. The summed E-state index contributed by atoms with van der Waals surface area (Å²) in [6, 6.07) is 15.4. The molecule has 0 atom stereocenters. The summed E-state index contributed by atoms with van der Waals surface area (Å²) in [6.45, 7) is 9.27. The molecule has 2 heteroatoms. The summed E-state index contributed by atoms with van der Waals surface area (Å²) in [5.74, 6) is 0.639. The second kappa shape index (κ2) is 5.63. The van der Waals surface area contributed by atoms with Crippen LogP contribution in [0.2, 0.25) is 0 Å². The average Bonchev–Trinajstić information content (AvgIpc) is 2.64. The third kappa shape index (κ3) is 2.32. The van der Waals surface area contributed by atoms with Gasteiger partial charge in [0.1, 0.15) is 0 Å². The minimum absolute atomic E-state index is 0.0981. The Morgan fingerprint density at radius 2 is 1.81 bits per heavy atom. The number of pyridine rings is 2. The Hall–Kier alpha value is -2.74. The van der Waals surface area contributed by atoms with Crippen LogP contribution in [0.25, 0.3) is 32.9 Å². The number of fused-ring (bicyclic) bond motifs is 4. The molecule has 0 bridgehead atoms. The van der Waals surface area contributed by atoms with Gasteiger partial charge in [-0.05, 0) is 46.5 Å². The molecule has 0 aliphatic heterocycles. The molecule has 2 aromatic heterocycles. The normalized spacial score (nSPS) is 14.7. The van der Waals surface area contributed by atoms with Crippen LogP contribution in [-0.2, 0) is 11.8 Å². The second-order valence-electron chi connectivity index (χ2n) is 8.69. The van der Waals surface area contributed by atoms with Crippen molar-refractivity contribution in [3.8, 4) is 11.3 Å². The van der Waals surface area contributed by atoms with E-state index in [-0.39, 0.29) is 5.41 Å². The van der Waals surface area contributed by atoms with Gasteiger partial charge in [0.2, 0.25) is 0 Å². The fourth-order valence-electron chi connectivity index (χ4n) is 4.79. The van der Waals surface area contributed by atoms with Crippen LogP contribution in [0.15, 0.2) is 54.9 Å². The zero-order chi connectivity index (χ0) is 18.8. The van der Waals surface area contributed by atoms with Crippen LogP contribution in [0, 0.1) is 5.92 Å². The van der Waals surface area contributed by atoms with Crippen LogP contribution in [0.3, 0.4) is 0 Å². The number of hydrogen-bond acceptors (Lipinski definition) is 2. The highest BCUT2D eigenvalue weighted by molar-refractivity contribution is 6.05. The van der Waals surface area contributed by atoms with E-state index >= 15 is 0 Å². The molecular formula is C25H24N2. The predicted octanol–water partition coefficient (Wildman–Crippen LogP) is 6.29. The van der Waals surface area contributed by atoms with E-state index < -0.39 is 0 Å². The molecule has 1 aliphatic carbocycles. The summed E-state index contributed by atoms with van der Waals surface area (Å²) < 4.78 is 0. The summed E-state index contributed by atoms with van der Waals surface area (Å²) in [7, 11) is 0. The van der Waals surface area contributed by atoms with Gasteiger partial charge >= 0.3 is 0 Å². The standard InChI is InChI=1S/C25H24N2/c1-15(2)11-16-12-17-9-10-26-24-19-14-27-21-8-6-5-7-18(21)23(19)25(3,4)20(13-16)22(17)24/h5-10,12-15H,11H2,1-4H3. The topological polar surface area (TPSA) is 25.8 Å². The first-order valence-corrected chi connectivity index (χ1v) is 9.77. The van der Waals surface area contributed by atoms with Crippen molar-refractivity contribution in [2.75, 3.05) is 0 Å². The number of aromatic nitrogens is 2. The lowest BCUT2D eigenvalue weighted by molar-refractivity contribution is 0.633. The average molecular weight is 352 g/mol. The quantitative estimate of drug-likeness (QED) is 0.424. The minimum Gasteiger partial charge on any atom is -0.256 e. The summed E-state index contributed by atoms with van der Waals surface area (Å²) >= 11 is 0. The smallest absolute Gasteiger partial charge is 0.0802 e. The molecule has 27 heavy (non-hydrogen) atoms. The zero-order valence-corrected chi connectivity index (χ0v) is 16.4. The van der Waals surface area contributed by atoms with Crippen molar-refractivity contribution in [3.05, 3.63) is 71.5 Å². The minimum atomic E-state index is -0.0981. The molecule has 1 aliphatic rings. The Morgan fingerprint density at radius 3 is 2.63 bits per heavy atom. The molecule has 0 fully saturated rings. The van der Waals surface area contributed by atoms with Crippen molar-refractivity contribution in [1.29, 1.82) is 0 Å². The van der Waals surface area contributed by atoms with Crippen molar-refractivity contribution in [2.24, 2.45) is 5.92 Å². The van der Waals surface area contributed by atoms with Gasteiger partial charge in [-0.25, -0.2) is 0 Å². The van der Waals surface area contributed by atoms with Gasteiger partial charge in [-0.2, -0.15) is 0 Å². The fraction of sp³-hybridized carbons (Fsp3) is 0.280. The van der Waals surface area contributed by atoms with Gasteiger partial charge in [0, 0.05) is 34.1 Å². The van der Waals surface area contributed by atoms with Gasteiger partial charge < -0.3 is 0 Å². The molecule has 0 spiro atoms. The molecule has 0 saturated carbocycles. The molecule has 2 heterocycles. The maximum absolute atomic E-state index is 4.80. The lowest BCUT2D eigenvalue weighted by atomic mass is 9.68. The Morgan fingerprint density at radius 1 is 1.00 bits per heavy atom. The van der Waals surface area contributed by atoms with Crippen LogP contribution < -0.4 is 0 Å². The molecular weight excluding hydrogens is 328 g/mol. The lowest BCUT2D eigenvalue weighted by Gasteiger charge is -2.35. The molecule has 5 rings (SSSR count). The number of benzene rings is 2. The number of nitrogens with zero attached hydrogens (tertiary/aromatic N) is 2. The maximum atomic E-state index is 4.80. The summed E-state index contributed by atoms with van der Waals surface area (Å²) in [5.41, 5.74) is 7.36. The van der Waals surface area contributed by atoms with E-state index in [9.17, 15) is 0 Å². The van der Waals surface area contributed by atoms with Crippen molar-refractivity contribution >= 4 is 21.7 Å². The van der Waals surface area contributed by atoms with E-state index in [0.29, 0.717) is 5.92 Å². The Bertz CT molecular complexity index is 1200. The first-order chi connectivity index (χ1) is 13.0. The molecule has 4 aromatic rings. The van der Waals surface area contributed by atoms with E-state index in [1.165, 1.54) is 38.4 Å². The van der Waals surface area contributed by atoms with Crippen LogP contribution >= 0.6 is 0 Å². The first kappa shape index (κ1) is 16.4. The third-order valence-corrected chi connectivity index (χ3v) is 5.90. The van der Waals surface area contributed by atoms with Crippen molar-refractivity contribution in [1.82, 2.24) is 9.97 Å². The molecule has 0 radical (unpaired) electrons. The number of rotatable bonds is 2. The molecule has 2 aromatic carbocycles. The lowest BCUT2D eigenvalue weighted by Crippen LogP contribution is -2.25. The summed E-state index contributed by atoms with van der Waals surface area (Å²) in [5, 5.41) is 3.82. The van der Waals surface area contributed by atoms with E-state index in [1.54, 1.807) is 0 Å². The van der Waals surface area contributed by atoms with Gasteiger partial charge in [0.15, 0.2) is 0 Å². The first-order valence-electron chi connectivity index (χ1n) is 9.77. The largest absolute Gasteiger partial charge is 0.256 e. The fourth-order valence-corrected chi connectivity index (χ4v) is 4.79. The summed E-state index contributed by atoms with van der Waals surface area (Å²) in [4.78, 5) is 9.54. The third-order valence-electron chi connectivity index (χ3n) is 5.90. The highest BCUT2D eigenvalue weighted by atomic mass is 14.7. The van der Waals surface area contributed by atoms with Crippen LogP contribution in [0.5, 0.6) is 0 Å². The van der Waals surface area contributed by atoms with Gasteiger partial charge in [-0.1, -0.05) is 58.0 Å². The van der Waals surface area contributed by atoms with Crippen LogP contribution in [-0.4, -0.2) is 9.97 Å². The Labute approximate surface area is 160 Å². The van der Waals surface area contributed by atoms with Gasteiger partial charge in [0.05, 0.1) is 11.2 Å². The van der Waals surface area contributed by atoms with Crippen molar-refractivity contribution in [3.63, 3.8) is 0 Å². The van der Waals surface area contributed by atoms with Crippen molar-refractivity contribution in [2.45, 2.75) is 39.5 Å². The van der Waals surface area contributed by atoms with Gasteiger partial charge in [-0.3, -0.25) is 9.97 Å². The molecule has 134 valence electrons. The number of para-hydroxylation sites is 1. The van der Waals surface area contributed by atoms with E-state index in [0.717, 1.165) is 17.6 Å². The van der Waals surface area contributed by atoms with E-state index in [4.69, 9.17) is 9.97 Å². The predicted molar refractivity (Wildman–Crippen MR) is 113 cm³/mol. The van der Waals surface area contributed by atoms with Gasteiger partial charge in [0.25, 0.3) is 0 Å².